The van der Waals surface area contributed by atoms with Gasteiger partial charge in [0.25, 0.3) is 0 Å². The maximum Gasteiger partial charge on any atom is 0.187 e. The first-order valence-corrected chi connectivity index (χ1v) is 21.0. The lowest BCUT2D eigenvalue weighted by molar-refractivity contribution is -0.322. The molecule has 57 heavy (non-hydrogen) atoms. The second-order valence-electron chi connectivity index (χ2n) is 20.2. The van der Waals surface area contributed by atoms with Crippen molar-refractivity contribution < 1.29 is 74.8 Å². The number of allylic oxidation sites excluding steroid dienone is 1. The summed E-state index contributed by atoms with van der Waals surface area (Å²) in [5.41, 5.74) is -2.87. The third-order valence-electron chi connectivity index (χ3n) is 16.3. The molecule has 328 valence electrons. The highest BCUT2D eigenvalue weighted by atomic mass is 16.7. The predicted octanol–water partition coefficient (Wildman–Crippen LogP) is 0.299. The van der Waals surface area contributed by atoms with Crippen molar-refractivity contribution in [3.63, 3.8) is 0 Å². The number of carbonyl (C=O) groups is 1. The van der Waals surface area contributed by atoms with Crippen LogP contribution in [0.25, 0.3) is 0 Å². The van der Waals surface area contributed by atoms with Crippen LogP contribution in [0.2, 0.25) is 0 Å². The first-order chi connectivity index (χ1) is 26.4. The Kier molecular flexibility index (Phi) is 12.7. The topological polar surface area (TPSA) is 256 Å². The van der Waals surface area contributed by atoms with E-state index in [-0.39, 0.29) is 23.5 Å². The van der Waals surface area contributed by atoms with Crippen LogP contribution in [0.3, 0.4) is 0 Å². The number of fused-ring (bicyclic) bond motifs is 5. The third kappa shape index (κ3) is 7.30. The third-order valence-corrected chi connectivity index (χ3v) is 16.3. The molecule has 0 spiro atoms. The number of carbonyl (C=O) groups excluding carboxylic acids is 1. The van der Waals surface area contributed by atoms with Crippen LogP contribution in [0.4, 0.5) is 0 Å². The van der Waals surface area contributed by atoms with Crippen molar-refractivity contribution in [3.8, 4) is 0 Å². The van der Waals surface area contributed by atoms with Gasteiger partial charge in [0.2, 0.25) is 0 Å². The van der Waals surface area contributed by atoms with E-state index in [4.69, 9.17) is 18.9 Å². The molecule has 10 N–H and O–H groups in total. The zero-order chi connectivity index (χ0) is 42.4. The van der Waals surface area contributed by atoms with Gasteiger partial charge in [-0.15, -0.1) is 0 Å². The van der Waals surface area contributed by atoms with Crippen molar-refractivity contribution >= 4 is 5.78 Å². The standard InChI is InChI=1S/C42H70O15/c1-19(9-11-28(39(4,5)53)57-37-34(52)32(50)30(48)25(18-44)55-37)20-13-14-40(6)35-23(45)15-22-21(42(35,8)26(46)16-41(20,40)7)10-12-27(38(22,2)3)56-36-33(51)31(49)29(47)24(17-43)54-36/h15,19-21,24-37,43-44,46-53H,9-14,16-18H2,1-8H3/t19-,20?,21?,24-,25-,26-,27+,28-,29-,30-,31+,32+,33-,34-,35?,36+,37+,40+,41-,42-/m1/s1. The Morgan fingerprint density at radius 1 is 0.789 bits per heavy atom. The number of hydrogen-bond donors (Lipinski definition) is 10. The first-order valence-electron chi connectivity index (χ1n) is 21.0. The fraction of sp³-hybridized carbons (Fsp3) is 0.929. The zero-order valence-electron chi connectivity index (χ0n) is 34.8. The summed E-state index contributed by atoms with van der Waals surface area (Å²) in [6, 6.07) is 0. The van der Waals surface area contributed by atoms with Crippen LogP contribution in [-0.2, 0) is 23.7 Å². The Hall–Kier alpha value is -1.15. The highest BCUT2D eigenvalue weighted by Gasteiger charge is 2.72. The minimum Gasteiger partial charge on any atom is -0.394 e. The van der Waals surface area contributed by atoms with Crippen LogP contribution in [0, 0.1) is 45.3 Å². The van der Waals surface area contributed by atoms with Crippen molar-refractivity contribution in [2.75, 3.05) is 13.2 Å². The van der Waals surface area contributed by atoms with E-state index in [2.05, 4.69) is 27.7 Å². The Balaban J connectivity index is 1.20. The molecule has 0 radical (unpaired) electrons. The predicted molar refractivity (Wildman–Crippen MR) is 203 cm³/mol. The van der Waals surface area contributed by atoms with Gasteiger partial charge in [-0.25, -0.2) is 0 Å². The normalized spacial score (nSPS) is 49.7. The van der Waals surface area contributed by atoms with E-state index in [1.807, 2.05) is 13.8 Å². The maximum atomic E-state index is 14.7. The van der Waals surface area contributed by atoms with Gasteiger partial charge in [0, 0.05) is 16.7 Å². The molecule has 0 amide bonds. The quantitative estimate of drug-likeness (QED) is 0.135. The molecule has 4 aliphatic carbocycles. The van der Waals surface area contributed by atoms with E-state index < -0.39 is 126 Å². The zero-order valence-corrected chi connectivity index (χ0v) is 34.8. The largest absolute Gasteiger partial charge is 0.394 e. The van der Waals surface area contributed by atoms with Crippen LogP contribution >= 0.6 is 0 Å². The lowest BCUT2D eigenvalue weighted by Crippen LogP contribution is -2.67. The number of ether oxygens (including phenoxy) is 4. The molecule has 6 rings (SSSR count). The Labute approximate surface area is 336 Å². The van der Waals surface area contributed by atoms with E-state index in [0.29, 0.717) is 32.1 Å². The van der Waals surface area contributed by atoms with Gasteiger partial charge in [0.15, 0.2) is 18.4 Å². The van der Waals surface area contributed by atoms with Crippen LogP contribution in [0.5, 0.6) is 0 Å². The van der Waals surface area contributed by atoms with Crippen molar-refractivity contribution in [1.82, 2.24) is 0 Å². The fourth-order valence-corrected chi connectivity index (χ4v) is 12.6. The molecule has 2 aliphatic heterocycles. The van der Waals surface area contributed by atoms with Gasteiger partial charge < -0.3 is 70.0 Å². The minimum atomic E-state index is -1.61. The van der Waals surface area contributed by atoms with Crippen molar-refractivity contribution in [2.45, 2.75) is 186 Å². The highest BCUT2D eigenvalue weighted by Crippen LogP contribution is 2.74. The molecule has 3 unspecified atom stereocenters. The molecule has 2 heterocycles. The summed E-state index contributed by atoms with van der Waals surface area (Å²) in [6.07, 6.45) is -10.5. The molecule has 3 saturated carbocycles. The van der Waals surface area contributed by atoms with E-state index in [0.717, 1.165) is 18.4 Å². The molecule has 0 bridgehead atoms. The summed E-state index contributed by atoms with van der Waals surface area (Å²) in [5.74, 6) is -0.419. The summed E-state index contributed by atoms with van der Waals surface area (Å²) in [5, 5.41) is 106. The van der Waals surface area contributed by atoms with Gasteiger partial charge >= 0.3 is 0 Å². The molecule has 0 aromatic heterocycles. The Morgan fingerprint density at radius 3 is 1.91 bits per heavy atom. The molecule has 2 saturated heterocycles. The summed E-state index contributed by atoms with van der Waals surface area (Å²) in [4.78, 5) is 14.7. The summed E-state index contributed by atoms with van der Waals surface area (Å²) >= 11 is 0. The summed E-state index contributed by atoms with van der Waals surface area (Å²) < 4.78 is 23.7. The molecular formula is C42H70O15. The highest BCUT2D eigenvalue weighted by molar-refractivity contribution is 5.95. The minimum absolute atomic E-state index is 0.0267. The molecule has 0 aromatic carbocycles. The van der Waals surface area contributed by atoms with Gasteiger partial charge in [-0.05, 0) is 93.5 Å². The number of hydrogen-bond acceptors (Lipinski definition) is 15. The van der Waals surface area contributed by atoms with Gasteiger partial charge in [-0.2, -0.15) is 0 Å². The van der Waals surface area contributed by atoms with Crippen LogP contribution in [0.1, 0.15) is 100 Å². The number of aliphatic hydroxyl groups excluding tert-OH is 9. The van der Waals surface area contributed by atoms with E-state index in [9.17, 15) is 55.9 Å². The molecule has 15 nitrogen and oxygen atoms in total. The monoisotopic (exact) mass is 814 g/mol. The second kappa shape index (κ2) is 16.0. The molecule has 0 aromatic rings. The van der Waals surface area contributed by atoms with E-state index in [1.54, 1.807) is 19.9 Å². The van der Waals surface area contributed by atoms with Crippen molar-refractivity contribution in [1.29, 1.82) is 0 Å². The molecule has 6 aliphatic rings. The van der Waals surface area contributed by atoms with Gasteiger partial charge in [0.1, 0.15) is 48.8 Å². The smallest absolute Gasteiger partial charge is 0.187 e. The van der Waals surface area contributed by atoms with Crippen LogP contribution in [0.15, 0.2) is 11.6 Å². The van der Waals surface area contributed by atoms with E-state index in [1.165, 1.54) is 0 Å². The summed E-state index contributed by atoms with van der Waals surface area (Å²) in [7, 11) is 0. The number of ketones is 1. The number of rotatable bonds is 11. The lowest BCUT2D eigenvalue weighted by Gasteiger charge is -2.66. The SMILES string of the molecule is C[C@H](CC[C@@H](O[C@@H]1O[C@H](CO)[C@@H](O)[C@H](O)[C@H]1O)C(C)(C)O)C1CC[C@@]2(C)C3C(=O)C=C4C(CC[C@H](O[C@@H]5O[C@H](CO)[C@@H](O)[C@H](O)[C@H]5O)C4(C)C)[C@]3(C)[C@H](O)C[C@]12C. The second-order valence-corrected chi connectivity index (χ2v) is 20.2. The van der Waals surface area contributed by atoms with Crippen LogP contribution in [-0.4, -0.2) is 155 Å². The average Bonchev–Trinajstić information content (AvgIpc) is 3.40. The van der Waals surface area contributed by atoms with Crippen molar-refractivity contribution in [3.05, 3.63) is 11.6 Å². The van der Waals surface area contributed by atoms with Gasteiger partial charge in [0.05, 0.1) is 37.1 Å². The van der Waals surface area contributed by atoms with Gasteiger partial charge in [-0.1, -0.05) is 47.1 Å². The van der Waals surface area contributed by atoms with Gasteiger partial charge in [-0.3, -0.25) is 4.79 Å². The van der Waals surface area contributed by atoms with Crippen molar-refractivity contribution in [2.24, 2.45) is 45.3 Å². The number of aliphatic hydroxyl groups is 10. The lowest BCUT2D eigenvalue weighted by atomic mass is 9.38. The maximum absolute atomic E-state index is 14.7. The molecular weight excluding hydrogens is 744 g/mol. The molecule has 15 heteroatoms. The molecule has 20 atom stereocenters. The molecule has 5 fully saturated rings. The Morgan fingerprint density at radius 2 is 1.35 bits per heavy atom. The Bertz CT molecular complexity index is 1480. The van der Waals surface area contributed by atoms with E-state index >= 15 is 0 Å². The fourth-order valence-electron chi connectivity index (χ4n) is 12.6. The first kappa shape index (κ1) is 45.4. The summed E-state index contributed by atoms with van der Waals surface area (Å²) in [6.45, 7) is 14.6. The van der Waals surface area contributed by atoms with Crippen LogP contribution < -0.4 is 0 Å². The average molecular weight is 815 g/mol.